The molecule has 0 spiro atoms. The van der Waals surface area contributed by atoms with Gasteiger partial charge in [-0.05, 0) is 158 Å². The van der Waals surface area contributed by atoms with Crippen LogP contribution in [0.3, 0.4) is 0 Å². The molecule has 1 aromatic carbocycles. The van der Waals surface area contributed by atoms with Crippen LogP contribution in [0.25, 0.3) is 0 Å². The Bertz CT molecular complexity index is 750. The molecule has 0 N–H and O–H groups in total. The van der Waals surface area contributed by atoms with E-state index in [4.69, 9.17) is 11.6 Å². The van der Waals surface area contributed by atoms with Crippen molar-refractivity contribution in [2.24, 2.45) is 35.5 Å². The minimum atomic E-state index is -0.248. The Balaban J connectivity index is 1.35. The van der Waals surface area contributed by atoms with Crippen LogP contribution in [0, 0.1) is 35.5 Å². The standard InChI is InChI=1S/C27H33ClO/c28-25(29)22-7-23(26-10-16-1-17(11-26)3-18(2-16)12-26)9-24(8-22)27-13-19-4-20(14-27)6-21(5-19)15-27/h7-9,16-21H,1-6,10-15H2. The average Bonchev–Trinajstić information content (AvgIpc) is 2.65. The summed E-state index contributed by atoms with van der Waals surface area (Å²) in [5.41, 5.74) is 4.45. The third-order valence-corrected chi connectivity index (χ3v) is 10.7. The second-order valence-corrected chi connectivity index (χ2v) is 12.8. The van der Waals surface area contributed by atoms with Gasteiger partial charge in [0.05, 0.1) is 0 Å². The van der Waals surface area contributed by atoms with E-state index in [1.807, 2.05) is 0 Å². The van der Waals surface area contributed by atoms with Gasteiger partial charge >= 0.3 is 0 Å². The lowest BCUT2D eigenvalue weighted by molar-refractivity contribution is -0.00838. The van der Waals surface area contributed by atoms with Crippen LogP contribution < -0.4 is 0 Å². The minimum absolute atomic E-state index is 0.248. The quantitative estimate of drug-likeness (QED) is 0.492. The van der Waals surface area contributed by atoms with E-state index in [1.54, 1.807) is 0 Å². The lowest BCUT2D eigenvalue weighted by atomic mass is 9.46. The lowest BCUT2D eigenvalue weighted by Crippen LogP contribution is -2.50. The van der Waals surface area contributed by atoms with Crippen LogP contribution in [-0.2, 0) is 10.8 Å². The van der Waals surface area contributed by atoms with Crippen LogP contribution in [0.15, 0.2) is 18.2 Å². The highest BCUT2D eigenvalue weighted by Crippen LogP contribution is 2.63. The first kappa shape index (κ1) is 17.8. The van der Waals surface area contributed by atoms with Crippen LogP contribution in [-0.4, -0.2) is 5.24 Å². The Morgan fingerprint density at radius 2 is 0.931 bits per heavy atom. The fourth-order valence-electron chi connectivity index (χ4n) is 10.3. The molecule has 1 aromatic rings. The second kappa shape index (κ2) is 5.90. The van der Waals surface area contributed by atoms with E-state index < -0.39 is 0 Å². The summed E-state index contributed by atoms with van der Waals surface area (Å²) in [5, 5.41) is -0.248. The number of rotatable bonds is 3. The smallest absolute Gasteiger partial charge is 0.252 e. The molecule has 0 amide bonds. The van der Waals surface area contributed by atoms with E-state index in [0.717, 1.165) is 41.1 Å². The fourth-order valence-corrected chi connectivity index (χ4v) is 10.4. The molecular weight excluding hydrogens is 376 g/mol. The van der Waals surface area contributed by atoms with Crippen LogP contribution in [0.1, 0.15) is 98.5 Å². The number of hydrogen-bond acceptors (Lipinski definition) is 1. The normalized spacial score (nSPS) is 49.0. The molecule has 8 aliphatic rings. The Labute approximate surface area is 180 Å². The summed E-state index contributed by atoms with van der Waals surface area (Å²) in [4.78, 5) is 12.4. The number of carbonyl (C=O) groups excluding carboxylic acids is 1. The van der Waals surface area contributed by atoms with Gasteiger partial charge in [-0.2, -0.15) is 0 Å². The van der Waals surface area contributed by atoms with E-state index in [-0.39, 0.29) is 5.24 Å². The molecule has 154 valence electrons. The molecule has 8 saturated carbocycles. The topological polar surface area (TPSA) is 17.1 Å². The van der Waals surface area contributed by atoms with Gasteiger partial charge in [0.15, 0.2) is 0 Å². The zero-order chi connectivity index (χ0) is 19.4. The van der Waals surface area contributed by atoms with Crippen molar-refractivity contribution in [3.05, 3.63) is 34.9 Å². The van der Waals surface area contributed by atoms with Crippen LogP contribution in [0.5, 0.6) is 0 Å². The molecule has 8 bridgehead atoms. The molecule has 0 atom stereocenters. The molecule has 29 heavy (non-hydrogen) atoms. The van der Waals surface area contributed by atoms with Crippen molar-refractivity contribution in [2.45, 2.75) is 87.9 Å². The zero-order valence-corrected chi connectivity index (χ0v) is 18.2. The predicted molar refractivity (Wildman–Crippen MR) is 116 cm³/mol. The van der Waals surface area contributed by atoms with E-state index in [9.17, 15) is 4.79 Å². The van der Waals surface area contributed by atoms with E-state index in [2.05, 4.69) is 18.2 Å². The van der Waals surface area contributed by atoms with Gasteiger partial charge in [0, 0.05) is 5.56 Å². The first-order chi connectivity index (χ1) is 14.0. The largest absolute Gasteiger partial charge is 0.276 e. The Morgan fingerprint density at radius 1 is 0.621 bits per heavy atom. The van der Waals surface area contributed by atoms with Crippen LogP contribution in [0.2, 0.25) is 0 Å². The van der Waals surface area contributed by atoms with Crippen molar-refractivity contribution >= 4 is 16.8 Å². The Hall–Kier alpha value is -0.820. The van der Waals surface area contributed by atoms with E-state index >= 15 is 0 Å². The van der Waals surface area contributed by atoms with Gasteiger partial charge in [0.1, 0.15) is 0 Å². The van der Waals surface area contributed by atoms with Gasteiger partial charge in [-0.25, -0.2) is 0 Å². The number of benzene rings is 1. The fraction of sp³-hybridized carbons (Fsp3) is 0.741. The SMILES string of the molecule is O=C(Cl)c1cc(C23CC4CC(CC(C4)C2)C3)cc(C23CC4CC(CC(C4)C2)C3)c1. The molecule has 9 rings (SSSR count). The summed E-state index contributed by atoms with van der Waals surface area (Å²) in [6, 6.07) is 7.03. The number of halogens is 1. The van der Waals surface area contributed by atoms with Crippen molar-refractivity contribution in [3.63, 3.8) is 0 Å². The molecule has 8 aliphatic carbocycles. The predicted octanol–water partition coefficient (Wildman–Crippen LogP) is 7.00. The summed E-state index contributed by atoms with van der Waals surface area (Å²) in [7, 11) is 0. The maximum atomic E-state index is 12.4. The first-order valence-electron chi connectivity index (χ1n) is 12.3. The van der Waals surface area contributed by atoms with Crippen molar-refractivity contribution in [3.8, 4) is 0 Å². The number of hydrogen-bond donors (Lipinski definition) is 0. The molecule has 8 fully saturated rings. The minimum Gasteiger partial charge on any atom is -0.276 e. The van der Waals surface area contributed by atoms with Crippen LogP contribution in [0.4, 0.5) is 0 Å². The molecular formula is C27H33ClO. The summed E-state index contributed by atoms with van der Waals surface area (Å²) >= 11 is 6.12. The molecule has 2 heteroatoms. The number of carbonyl (C=O) groups is 1. The molecule has 0 aliphatic heterocycles. The summed E-state index contributed by atoms with van der Waals surface area (Å²) < 4.78 is 0. The monoisotopic (exact) mass is 408 g/mol. The molecule has 0 radical (unpaired) electrons. The molecule has 1 nitrogen and oxygen atoms in total. The van der Waals surface area contributed by atoms with E-state index in [0.29, 0.717) is 10.8 Å². The zero-order valence-electron chi connectivity index (χ0n) is 17.5. The van der Waals surface area contributed by atoms with Crippen molar-refractivity contribution in [1.82, 2.24) is 0 Å². The highest BCUT2D eigenvalue weighted by Gasteiger charge is 2.54. The summed E-state index contributed by atoms with van der Waals surface area (Å²) in [6.07, 6.45) is 17.0. The first-order valence-corrected chi connectivity index (χ1v) is 12.7. The van der Waals surface area contributed by atoms with Crippen molar-refractivity contribution in [2.75, 3.05) is 0 Å². The summed E-state index contributed by atoms with van der Waals surface area (Å²) in [6.45, 7) is 0. The molecule has 0 heterocycles. The third-order valence-electron chi connectivity index (χ3n) is 10.5. The Kier molecular flexibility index (Phi) is 3.63. The summed E-state index contributed by atoms with van der Waals surface area (Å²) in [5.74, 6) is 5.58. The van der Waals surface area contributed by atoms with Gasteiger partial charge in [-0.3, -0.25) is 4.79 Å². The highest BCUT2D eigenvalue weighted by molar-refractivity contribution is 6.67. The van der Waals surface area contributed by atoms with Gasteiger partial charge in [0.25, 0.3) is 5.24 Å². The second-order valence-electron chi connectivity index (χ2n) is 12.5. The lowest BCUT2D eigenvalue weighted by Gasteiger charge is -2.58. The maximum Gasteiger partial charge on any atom is 0.252 e. The van der Waals surface area contributed by atoms with Gasteiger partial charge in [-0.15, -0.1) is 0 Å². The van der Waals surface area contributed by atoms with Crippen molar-refractivity contribution < 1.29 is 4.79 Å². The molecule has 0 aromatic heterocycles. The van der Waals surface area contributed by atoms with Gasteiger partial charge in [0.2, 0.25) is 0 Å². The van der Waals surface area contributed by atoms with Crippen molar-refractivity contribution in [1.29, 1.82) is 0 Å². The Morgan fingerprint density at radius 3 is 1.21 bits per heavy atom. The average molecular weight is 409 g/mol. The van der Waals surface area contributed by atoms with Crippen LogP contribution >= 0.6 is 11.6 Å². The highest BCUT2D eigenvalue weighted by atomic mass is 35.5. The van der Waals surface area contributed by atoms with Gasteiger partial charge in [-0.1, -0.05) is 6.07 Å². The molecule has 0 unspecified atom stereocenters. The van der Waals surface area contributed by atoms with Gasteiger partial charge < -0.3 is 0 Å². The molecule has 0 saturated heterocycles. The van der Waals surface area contributed by atoms with E-state index in [1.165, 1.54) is 88.2 Å². The maximum absolute atomic E-state index is 12.4. The third kappa shape index (κ3) is 2.61.